The van der Waals surface area contributed by atoms with Crippen molar-refractivity contribution < 1.29 is 9.59 Å². The van der Waals surface area contributed by atoms with E-state index in [-0.39, 0.29) is 23.8 Å². The number of amides is 1. The molecule has 1 N–H and O–H groups in total. The van der Waals surface area contributed by atoms with E-state index in [1.54, 1.807) is 0 Å². The summed E-state index contributed by atoms with van der Waals surface area (Å²) in [5.41, 5.74) is 2.32. The summed E-state index contributed by atoms with van der Waals surface area (Å²) in [7, 11) is 0. The van der Waals surface area contributed by atoms with Gasteiger partial charge in [-0.15, -0.1) is 0 Å². The lowest BCUT2D eigenvalue weighted by Gasteiger charge is -2.43. The van der Waals surface area contributed by atoms with Crippen LogP contribution in [-0.4, -0.2) is 34.2 Å². The van der Waals surface area contributed by atoms with E-state index < -0.39 is 0 Å². The minimum Gasteiger partial charge on any atom is -0.361 e. The number of piperidine rings is 1. The second-order valence-corrected chi connectivity index (χ2v) is 7.66. The Labute approximate surface area is 148 Å². The maximum absolute atomic E-state index is 13.0. The number of hydrogen-bond donors (Lipinski definition) is 1. The van der Waals surface area contributed by atoms with Crippen LogP contribution in [-0.2, 0) is 9.59 Å². The van der Waals surface area contributed by atoms with Crippen LogP contribution in [0.3, 0.4) is 0 Å². The average Bonchev–Trinajstić information content (AvgIpc) is 3.06. The second-order valence-electron chi connectivity index (χ2n) is 7.66. The number of H-pyrrole nitrogens is 1. The largest absolute Gasteiger partial charge is 0.361 e. The van der Waals surface area contributed by atoms with Gasteiger partial charge < -0.3 is 9.88 Å². The van der Waals surface area contributed by atoms with Crippen molar-refractivity contribution in [3.05, 3.63) is 36.0 Å². The summed E-state index contributed by atoms with van der Waals surface area (Å²) in [4.78, 5) is 30.5. The summed E-state index contributed by atoms with van der Waals surface area (Å²) in [5, 5.41) is 1.20. The number of fused-ring (bicyclic) bond motifs is 2. The van der Waals surface area contributed by atoms with Crippen molar-refractivity contribution >= 4 is 22.6 Å². The third kappa shape index (κ3) is 2.99. The van der Waals surface area contributed by atoms with Crippen molar-refractivity contribution in [3.8, 4) is 0 Å². The van der Waals surface area contributed by atoms with Gasteiger partial charge in [0.2, 0.25) is 5.91 Å². The molecule has 1 aromatic carbocycles. The molecule has 0 spiro atoms. The van der Waals surface area contributed by atoms with Gasteiger partial charge in [0.1, 0.15) is 5.78 Å². The molecule has 0 radical (unpaired) electrons. The lowest BCUT2D eigenvalue weighted by Crippen LogP contribution is -2.53. The topological polar surface area (TPSA) is 53.2 Å². The number of benzene rings is 1. The zero-order valence-corrected chi connectivity index (χ0v) is 14.8. The fraction of sp³-hybridized carbons (Fsp3) is 0.524. The smallest absolute Gasteiger partial charge is 0.223 e. The number of para-hydroxylation sites is 1. The zero-order valence-electron chi connectivity index (χ0n) is 14.8. The van der Waals surface area contributed by atoms with Crippen LogP contribution in [0.2, 0.25) is 0 Å². The standard InChI is InChI=1S/C21H26N2O2/c1-14(17-13-22-18-8-4-2-6-15(17)18)12-21(25)23-11-10-20(24)16-7-3-5-9-19(16)23/h2,4,6,8,13-14,16,19,22H,3,5,7,9-12H2,1H3. The molecule has 2 fully saturated rings. The van der Waals surface area contributed by atoms with Crippen molar-refractivity contribution in [1.82, 2.24) is 9.88 Å². The lowest BCUT2D eigenvalue weighted by molar-refractivity contribution is -0.143. The molecule has 1 aliphatic carbocycles. The number of carbonyl (C=O) groups is 2. The minimum absolute atomic E-state index is 0.0924. The molecule has 4 rings (SSSR count). The molecule has 1 amide bonds. The van der Waals surface area contributed by atoms with Crippen LogP contribution in [0.15, 0.2) is 30.5 Å². The molecule has 4 heteroatoms. The van der Waals surface area contributed by atoms with Gasteiger partial charge >= 0.3 is 0 Å². The van der Waals surface area contributed by atoms with E-state index in [0.717, 1.165) is 31.2 Å². The van der Waals surface area contributed by atoms with E-state index in [1.165, 1.54) is 10.9 Å². The highest BCUT2D eigenvalue weighted by Gasteiger charge is 2.40. The Hall–Kier alpha value is -2.10. The molecule has 2 aromatic rings. The number of aromatic amines is 1. The number of likely N-dealkylation sites (tertiary alicyclic amines) is 1. The number of carbonyl (C=O) groups excluding carboxylic acids is 2. The molecule has 3 atom stereocenters. The van der Waals surface area contributed by atoms with Crippen molar-refractivity contribution in [2.45, 2.75) is 57.4 Å². The normalized spacial score (nSPS) is 25.0. The van der Waals surface area contributed by atoms with Gasteiger partial charge in [-0.2, -0.15) is 0 Å². The molecule has 1 aromatic heterocycles. The summed E-state index contributed by atoms with van der Waals surface area (Å²) < 4.78 is 0. The van der Waals surface area contributed by atoms with Crippen molar-refractivity contribution in [1.29, 1.82) is 0 Å². The first-order valence-electron chi connectivity index (χ1n) is 9.53. The van der Waals surface area contributed by atoms with E-state index >= 15 is 0 Å². The predicted molar refractivity (Wildman–Crippen MR) is 98.4 cm³/mol. The molecule has 132 valence electrons. The highest BCUT2D eigenvalue weighted by Crippen LogP contribution is 2.35. The maximum Gasteiger partial charge on any atom is 0.223 e. The van der Waals surface area contributed by atoms with Gasteiger partial charge in [-0.05, 0) is 30.4 Å². The number of ketones is 1. The Balaban J connectivity index is 1.50. The minimum atomic E-state index is 0.0924. The number of nitrogens with one attached hydrogen (secondary N) is 1. The Morgan fingerprint density at radius 2 is 2.08 bits per heavy atom. The van der Waals surface area contributed by atoms with Gasteiger partial charge in [0.25, 0.3) is 0 Å². The van der Waals surface area contributed by atoms with Gasteiger partial charge in [0.15, 0.2) is 0 Å². The summed E-state index contributed by atoms with van der Waals surface area (Å²) in [6, 6.07) is 8.39. The van der Waals surface area contributed by atoms with Gasteiger partial charge in [-0.3, -0.25) is 9.59 Å². The van der Waals surface area contributed by atoms with Crippen LogP contribution in [0.5, 0.6) is 0 Å². The quantitative estimate of drug-likeness (QED) is 0.919. The molecule has 2 aliphatic rings. The summed E-state index contributed by atoms with van der Waals surface area (Å²) in [5.74, 6) is 0.846. The lowest BCUT2D eigenvalue weighted by atomic mass is 9.77. The van der Waals surface area contributed by atoms with E-state index in [4.69, 9.17) is 0 Å². The molecule has 4 nitrogen and oxygen atoms in total. The Morgan fingerprint density at radius 1 is 1.28 bits per heavy atom. The number of aromatic nitrogens is 1. The first-order chi connectivity index (χ1) is 12.1. The third-order valence-corrected chi connectivity index (χ3v) is 6.10. The van der Waals surface area contributed by atoms with E-state index in [0.29, 0.717) is 25.2 Å². The number of hydrogen-bond acceptors (Lipinski definition) is 2. The number of nitrogens with zero attached hydrogens (tertiary/aromatic N) is 1. The molecule has 25 heavy (non-hydrogen) atoms. The SMILES string of the molecule is CC(CC(=O)N1CCC(=O)C2CCCCC21)c1c[nH]c2ccccc12. The van der Waals surface area contributed by atoms with E-state index in [2.05, 4.69) is 24.0 Å². The van der Waals surface area contributed by atoms with Gasteiger partial charge in [-0.1, -0.05) is 38.0 Å². The summed E-state index contributed by atoms with van der Waals surface area (Å²) in [6.07, 6.45) is 7.30. The van der Waals surface area contributed by atoms with Gasteiger partial charge in [0.05, 0.1) is 0 Å². The third-order valence-electron chi connectivity index (χ3n) is 6.10. The van der Waals surface area contributed by atoms with Crippen LogP contribution in [0.4, 0.5) is 0 Å². The molecular formula is C21H26N2O2. The molecular weight excluding hydrogens is 312 g/mol. The van der Waals surface area contributed by atoms with Crippen LogP contribution >= 0.6 is 0 Å². The first kappa shape index (κ1) is 16.4. The summed E-state index contributed by atoms with van der Waals surface area (Å²) >= 11 is 0. The molecule has 3 unspecified atom stereocenters. The Morgan fingerprint density at radius 3 is 2.96 bits per heavy atom. The monoisotopic (exact) mass is 338 g/mol. The van der Waals surface area contributed by atoms with Crippen LogP contribution < -0.4 is 0 Å². The van der Waals surface area contributed by atoms with Crippen LogP contribution in [0.25, 0.3) is 10.9 Å². The summed E-state index contributed by atoms with van der Waals surface area (Å²) in [6.45, 7) is 2.74. The average molecular weight is 338 g/mol. The van der Waals surface area contributed by atoms with E-state index in [9.17, 15) is 9.59 Å². The van der Waals surface area contributed by atoms with Crippen LogP contribution in [0, 0.1) is 5.92 Å². The number of rotatable bonds is 3. The fourth-order valence-electron chi connectivity index (χ4n) is 4.74. The Bertz CT molecular complexity index is 794. The van der Waals surface area contributed by atoms with Crippen molar-refractivity contribution in [3.63, 3.8) is 0 Å². The Kier molecular flexibility index (Phi) is 4.36. The molecule has 1 saturated heterocycles. The van der Waals surface area contributed by atoms with Gasteiger partial charge in [0, 0.05) is 48.4 Å². The zero-order chi connectivity index (χ0) is 17.4. The van der Waals surface area contributed by atoms with Gasteiger partial charge in [-0.25, -0.2) is 0 Å². The van der Waals surface area contributed by atoms with Crippen LogP contribution in [0.1, 0.15) is 56.9 Å². The highest BCUT2D eigenvalue weighted by molar-refractivity contribution is 5.87. The molecule has 0 bridgehead atoms. The fourth-order valence-corrected chi connectivity index (χ4v) is 4.74. The van der Waals surface area contributed by atoms with Crippen molar-refractivity contribution in [2.24, 2.45) is 5.92 Å². The second kappa shape index (κ2) is 6.66. The highest BCUT2D eigenvalue weighted by atomic mass is 16.2. The molecule has 1 aliphatic heterocycles. The maximum atomic E-state index is 13.0. The molecule has 2 heterocycles. The molecule has 1 saturated carbocycles. The van der Waals surface area contributed by atoms with Crippen molar-refractivity contribution in [2.75, 3.05) is 6.54 Å². The first-order valence-corrected chi connectivity index (χ1v) is 9.53. The number of Topliss-reactive ketones (excluding diaryl/α,β-unsaturated/α-hetero) is 1. The van der Waals surface area contributed by atoms with E-state index in [1.807, 2.05) is 23.2 Å². The predicted octanol–water partition coefficient (Wildman–Crippen LogP) is 4.02.